The van der Waals surface area contributed by atoms with E-state index in [-0.39, 0.29) is 18.5 Å². The third kappa shape index (κ3) is 6.23. The first-order valence-electron chi connectivity index (χ1n) is 12.4. The largest absolute Gasteiger partial charge is 0.401 e. The first-order valence-corrected chi connectivity index (χ1v) is 12.4. The number of fused-ring (bicyclic) bond motifs is 1. The molecule has 1 saturated carbocycles. The van der Waals surface area contributed by atoms with Gasteiger partial charge in [0.05, 0.1) is 24.5 Å². The summed E-state index contributed by atoms with van der Waals surface area (Å²) in [5, 5.41) is 8.65. The SMILES string of the molecule is CCC[C@H](NC1CCc2cc(F)cc(F)c2C1)C(=O)Nc1cn(C2(CNCC(F)(F)F)CCC2)cn1. The summed E-state index contributed by atoms with van der Waals surface area (Å²) in [6, 6.07) is 1.60. The van der Waals surface area contributed by atoms with Gasteiger partial charge >= 0.3 is 6.18 Å². The van der Waals surface area contributed by atoms with Crippen molar-refractivity contribution in [1.82, 2.24) is 20.2 Å². The van der Waals surface area contributed by atoms with Crippen LogP contribution in [0.15, 0.2) is 24.7 Å². The van der Waals surface area contributed by atoms with E-state index < -0.39 is 35.9 Å². The Hall–Kier alpha value is -2.53. The smallest absolute Gasteiger partial charge is 0.328 e. The first-order chi connectivity index (χ1) is 17.1. The van der Waals surface area contributed by atoms with Crippen molar-refractivity contribution < 1.29 is 26.7 Å². The van der Waals surface area contributed by atoms with Crippen molar-refractivity contribution in [3.63, 3.8) is 0 Å². The Morgan fingerprint density at radius 1 is 1.28 bits per heavy atom. The number of benzene rings is 1. The summed E-state index contributed by atoms with van der Waals surface area (Å²) in [5.74, 6) is -1.08. The van der Waals surface area contributed by atoms with E-state index in [2.05, 4.69) is 20.9 Å². The van der Waals surface area contributed by atoms with Gasteiger partial charge in [-0.15, -0.1) is 0 Å². The Balaban J connectivity index is 1.37. The predicted octanol–water partition coefficient (Wildman–Crippen LogP) is 4.45. The van der Waals surface area contributed by atoms with E-state index in [0.717, 1.165) is 31.7 Å². The normalized spacial score (nSPS) is 19.9. The zero-order valence-electron chi connectivity index (χ0n) is 20.2. The Labute approximate surface area is 207 Å². The molecule has 36 heavy (non-hydrogen) atoms. The van der Waals surface area contributed by atoms with Gasteiger partial charge in [0.25, 0.3) is 0 Å². The van der Waals surface area contributed by atoms with Gasteiger partial charge in [0.2, 0.25) is 5.91 Å². The molecular formula is C25H32F5N5O. The van der Waals surface area contributed by atoms with Crippen LogP contribution in [0.3, 0.4) is 0 Å². The van der Waals surface area contributed by atoms with Crippen molar-refractivity contribution in [3.05, 3.63) is 47.4 Å². The van der Waals surface area contributed by atoms with Gasteiger partial charge in [0, 0.05) is 24.8 Å². The predicted molar refractivity (Wildman–Crippen MR) is 126 cm³/mol. The van der Waals surface area contributed by atoms with E-state index in [1.54, 1.807) is 17.1 Å². The second kappa shape index (κ2) is 10.8. The number of alkyl halides is 3. The number of imidazole rings is 1. The molecule has 1 aromatic carbocycles. The molecule has 2 aliphatic rings. The molecule has 2 aromatic rings. The lowest BCUT2D eigenvalue weighted by molar-refractivity contribution is -0.126. The molecule has 11 heteroatoms. The Morgan fingerprint density at radius 2 is 2.06 bits per heavy atom. The molecule has 6 nitrogen and oxygen atoms in total. The topological polar surface area (TPSA) is 71.0 Å². The summed E-state index contributed by atoms with van der Waals surface area (Å²) in [5.41, 5.74) is 0.670. The number of carbonyl (C=O) groups is 1. The molecule has 0 aliphatic heterocycles. The van der Waals surface area contributed by atoms with E-state index >= 15 is 0 Å². The van der Waals surface area contributed by atoms with Crippen LogP contribution >= 0.6 is 0 Å². The minimum absolute atomic E-state index is 0.129. The number of aryl methyl sites for hydroxylation is 1. The number of anilines is 1. The molecule has 0 bridgehead atoms. The van der Waals surface area contributed by atoms with Gasteiger partial charge in [-0.25, -0.2) is 13.8 Å². The van der Waals surface area contributed by atoms with Crippen LogP contribution < -0.4 is 16.0 Å². The second-order valence-electron chi connectivity index (χ2n) is 9.92. The highest BCUT2D eigenvalue weighted by molar-refractivity contribution is 5.94. The van der Waals surface area contributed by atoms with E-state index in [4.69, 9.17) is 0 Å². The summed E-state index contributed by atoms with van der Waals surface area (Å²) in [6.07, 6.45) is 4.16. The van der Waals surface area contributed by atoms with Gasteiger partial charge < -0.3 is 20.5 Å². The van der Waals surface area contributed by atoms with E-state index in [1.165, 1.54) is 6.07 Å². The molecule has 2 atom stereocenters. The average Bonchev–Trinajstić information content (AvgIpc) is 3.23. The lowest BCUT2D eigenvalue weighted by Crippen LogP contribution is -2.49. The molecule has 0 saturated heterocycles. The van der Waals surface area contributed by atoms with Crippen molar-refractivity contribution in [3.8, 4) is 0 Å². The van der Waals surface area contributed by atoms with Crippen LogP contribution in [0, 0.1) is 11.6 Å². The Kier molecular flexibility index (Phi) is 7.99. The van der Waals surface area contributed by atoms with Crippen LogP contribution in [0.1, 0.15) is 56.6 Å². The quantitative estimate of drug-likeness (QED) is 0.411. The molecule has 0 radical (unpaired) electrons. The highest BCUT2D eigenvalue weighted by Gasteiger charge is 2.40. The number of nitrogens with one attached hydrogen (secondary N) is 3. The van der Waals surface area contributed by atoms with Gasteiger partial charge in [-0.1, -0.05) is 13.3 Å². The van der Waals surface area contributed by atoms with Crippen molar-refractivity contribution in [1.29, 1.82) is 0 Å². The fraction of sp³-hybridized carbons (Fsp3) is 0.600. The third-order valence-electron chi connectivity index (χ3n) is 7.24. The van der Waals surface area contributed by atoms with Crippen LogP contribution in [-0.2, 0) is 23.2 Å². The van der Waals surface area contributed by atoms with Crippen molar-refractivity contribution >= 4 is 11.7 Å². The fourth-order valence-corrected chi connectivity index (χ4v) is 5.20. The number of hydrogen-bond acceptors (Lipinski definition) is 4. The van der Waals surface area contributed by atoms with Gasteiger partial charge in [0.1, 0.15) is 11.6 Å². The van der Waals surface area contributed by atoms with Gasteiger partial charge in [-0.3, -0.25) is 4.79 Å². The van der Waals surface area contributed by atoms with Crippen LogP contribution in [-0.4, -0.2) is 46.8 Å². The number of amides is 1. The molecule has 4 rings (SSSR count). The standard InChI is InChI=1S/C25H32F5N5O/c1-2-4-21(33-18-6-5-16-9-17(26)10-20(27)19(16)11-18)23(36)34-22-12-35(15-32-22)24(7-3-8-24)13-31-14-25(28,29)30/h9-10,12,15,18,21,31,33H,2-8,11,13-14H2,1H3,(H,34,36)/t18?,21-/m0/s1. The van der Waals surface area contributed by atoms with Crippen molar-refractivity contribution in [2.45, 2.75) is 82.1 Å². The summed E-state index contributed by atoms with van der Waals surface area (Å²) in [7, 11) is 0. The number of aromatic nitrogens is 2. The first kappa shape index (κ1) is 26.5. The van der Waals surface area contributed by atoms with Gasteiger partial charge in [0.15, 0.2) is 5.82 Å². The molecule has 1 aromatic heterocycles. The number of rotatable bonds is 10. The maximum atomic E-state index is 14.3. The Bertz CT molecular complexity index is 1070. The van der Waals surface area contributed by atoms with Crippen LogP contribution in [0.5, 0.6) is 0 Å². The van der Waals surface area contributed by atoms with Crippen LogP contribution in [0.25, 0.3) is 0 Å². The van der Waals surface area contributed by atoms with Gasteiger partial charge in [-0.05, 0) is 62.1 Å². The monoisotopic (exact) mass is 513 g/mol. The third-order valence-corrected chi connectivity index (χ3v) is 7.24. The molecule has 1 unspecified atom stereocenters. The highest BCUT2D eigenvalue weighted by Crippen LogP contribution is 2.39. The maximum Gasteiger partial charge on any atom is 0.401 e. The lowest BCUT2D eigenvalue weighted by Gasteiger charge is -2.43. The van der Waals surface area contributed by atoms with Gasteiger partial charge in [-0.2, -0.15) is 13.2 Å². The number of carbonyl (C=O) groups excluding carboxylic acids is 1. The summed E-state index contributed by atoms with van der Waals surface area (Å²) < 4.78 is 67.2. The van der Waals surface area contributed by atoms with Crippen LogP contribution in [0.2, 0.25) is 0 Å². The molecular weight excluding hydrogens is 481 g/mol. The lowest BCUT2D eigenvalue weighted by atomic mass is 9.76. The van der Waals surface area contributed by atoms with E-state index in [1.807, 2.05) is 6.92 Å². The molecule has 0 spiro atoms. The number of halogens is 5. The maximum absolute atomic E-state index is 14.3. The summed E-state index contributed by atoms with van der Waals surface area (Å²) >= 11 is 0. The highest BCUT2D eigenvalue weighted by atomic mass is 19.4. The minimum Gasteiger partial charge on any atom is -0.328 e. The summed E-state index contributed by atoms with van der Waals surface area (Å²) in [6.45, 7) is 1.07. The van der Waals surface area contributed by atoms with Crippen molar-refractivity contribution in [2.75, 3.05) is 18.4 Å². The zero-order chi connectivity index (χ0) is 25.9. The second-order valence-corrected chi connectivity index (χ2v) is 9.92. The summed E-state index contributed by atoms with van der Waals surface area (Å²) in [4.78, 5) is 17.3. The fourth-order valence-electron chi connectivity index (χ4n) is 5.20. The zero-order valence-corrected chi connectivity index (χ0v) is 20.2. The number of nitrogens with zero attached hydrogens (tertiary/aromatic N) is 2. The molecule has 3 N–H and O–H groups in total. The average molecular weight is 514 g/mol. The van der Waals surface area contributed by atoms with E-state index in [9.17, 15) is 26.7 Å². The molecule has 198 valence electrons. The van der Waals surface area contributed by atoms with Crippen molar-refractivity contribution in [2.24, 2.45) is 0 Å². The van der Waals surface area contributed by atoms with Crippen LogP contribution in [0.4, 0.5) is 27.8 Å². The number of hydrogen-bond donors (Lipinski definition) is 3. The Morgan fingerprint density at radius 3 is 2.72 bits per heavy atom. The van der Waals surface area contributed by atoms with E-state index in [0.29, 0.717) is 42.6 Å². The molecule has 2 aliphatic carbocycles. The minimum atomic E-state index is -4.28. The molecule has 1 fully saturated rings. The molecule has 1 heterocycles. The molecule has 1 amide bonds.